The van der Waals surface area contributed by atoms with E-state index in [4.69, 9.17) is 9.47 Å². The van der Waals surface area contributed by atoms with Crippen molar-refractivity contribution in [2.45, 2.75) is 6.92 Å². The van der Waals surface area contributed by atoms with Gasteiger partial charge in [0.2, 0.25) is 0 Å². The molecule has 1 rings (SSSR count). The molecule has 0 aliphatic heterocycles. The van der Waals surface area contributed by atoms with Gasteiger partial charge in [-0.25, -0.2) is 0 Å². The number of esters is 1. The predicted molar refractivity (Wildman–Crippen MR) is 90.8 cm³/mol. The first kappa shape index (κ1) is 18.6. The molecule has 1 unspecified atom stereocenters. The number of carbonyl (C=O) groups excluding carboxylic acids is 2. The summed E-state index contributed by atoms with van der Waals surface area (Å²) in [6.45, 7) is 5.40. The first-order valence-electron chi connectivity index (χ1n) is 7.39. The molecule has 0 aliphatic carbocycles. The highest BCUT2D eigenvalue weighted by Crippen LogP contribution is 2.05. The summed E-state index contributed by atoms with van der Waals surface area (Å²) < 4.78 is 10.2. The molecule has 0 spiro atoms. The number of rotatable bonds is 10. The third-order valence-electron chi connectivity index (χ3n) is 2.90. The monoisotopic (exact) mass is 314 g/mol. The molecular formula is C19H22O4. The normalized spacial score (nSPS) is 12.4. The lowest BCUT2D eigenvalue weighted by molar-refractivity contribution is -0.144. The van der Waals surface area contributed by atoms with Crippen molar-refractivity contribution >= 4 is 17.8 Å². The Morgan fingerprint density at radius 1 is 1.17 bits per heavy atom. The van der Waals surface area contributed by atoms with Gasteiger partial charge in [0, 0.05) is 6.92 Å². The first-order chi connectivity index (χ1) is 11.1. The third kappa shape index (κ3) is 8.53. The van der Waals surface area contributed by atoms with Crippen molar-refractivity contribution in [2.24, 2.45) is 5.92 Å². The topological polar surface area (TPSA) is 52.6 Å². The molecule has 0 bridgehead atoms. The maximum absolute atomic E-state index is 12.1. The van der Waals surface area contributed by atoms with Crippen LogP contribution in [-0.4, -0.2) is 31.6 Å². The molecule has 4 nitrogen and oxygen atoms in total. The van der Waals surface area contributed by atoms with Gasteiger partial charge in [-0.05, 0) is 11.6 Å². The molecule has 0 saturated carbocycles. The molecule has 122 valence electrons. The fourth-order valence-electron chi connectivity index (χ4n) is 1.74. The summed E-state index contributed by atoms with van der Waals surface area (Å²) in [5, 5.41) is 0. The summed E-state index contributed by atoms with van der Waals surface area (Å²) in [7, 11) is 0. The molecule has 0 aromatic heterocycles. The molecule has 0 radical (unpaired) electrons. The fourth-order valence-corrected chi connectivity index (χ4v) is 1.74. The van der Waals surface area contributed by atoms with Crippen LogP contribution in [-0.2, 0) is 19.1 Å². The maximum atomic E-state index is 12.1. The van der Waals surface area contributed by atoms with Crippen LogP contribution < -0.4 is 0 Å². The van der Waals surface area contributed by atoms with Gasteiger partial charge in [-0.15, -0.1) is 6.58 Å². The smallest absolute Gasteiger partial charge is 0.302 e. The summed E-state index contributed by atoms with van der Waals surface area (Å²) in [5.74, 6) is -1.08. The summed E-state index contributed by atoms with van der Waals surface area (Å²) in [6.07, 6.45) is 8.43. The Morgan fingerprint density at radius 2 is 1.91 bits per heavy atom. The molecule has 0 heterocycles. The summed E-state index contributed by atoms with van der Waals surface area (Å²) in [5.41, 5.74) is 1.05. The zero-order chi connectivity index (χ0) is 16.9. The van der Waals surface area contributed by atoms with Gasteiger partial charge in [0.1, 0.15) is 6.61 Å². The highest BCUT2D eigenvalue weighted by atomic mass is 16.5. The van der Waals surface area contributed by atoms with Crippen LogP contribution in [0.5, 0.6) is 0 Å². The SMILES string of the molecule is C=CCOCC(COC(C)=O)C(=O)/C=C/C=C/c1ccccc1. The van der Waals surface area contributed by atoms with Crippen LogP contribution in [0, 0.1) is 5.92 Å². The quantitative estimate of drug-likeness (QED) is 0.219. The predicted octanol–water partition coefficient (Wildman–Crippen LogP) is 3.21. The number of allylic oxidation sites excluding steroid dienone is 3. The molecule has 1 aromatic rings. The van der Waals surface area contributed by atoms with Gasteiger partial charge in [0.05, 0.1) is 19.1 Å². The van der Waals surface area contributed by atoms with Gasteiger partial charge in [-0.1, -0.05) is 54.6 Å². The zero-order valence-electron chi connectivity index (χ0n) is 13.3. The van der Waals surface area contributed by atoms with Crippen molar-refractivity contribution < 1.29 is 19.1 Å². The first-order valence-corrected chi connectivity index (χ1v) is 7.39. The van der Waals surface area contributed by atoms with Gasteiger partial charge in [0.25, 0.3) is 0 Å². The second kappa shape index (κ2) is 11.2. The highest BCUT2D eigenvalue weighted by Gasteiger charge is 2.17. The third-order valence-corrected chi connectivity index (χ3v) is 2.90. The molecule has 0 fully saturated rings. The largest absolute Gasteiger partial charge is 0.465 e. The van der Waals surface area contributed by atoms with Crippen LogP contribution in [0.3, 0.4) is 0 Å². The van der Waals surface area contributed by atoms with Crippen molar-refractivity contribution in [3.05, 3.63) is 66.8 Å². The summed E-state index contributed by atoms with van der Waals surface area (Å²) in [4.78, 5) is 23.0. The maximum Gasteiger partial charge on any atom is 0.302 e. The number of hydrogen-bond donors (Lipinski definition) is 0. The molecule has 0 aliphatic rings. The average molecular weight is 314 g/mol. The van der Waals surface area contributed by atoms with Gasteiger partial charge >= 0.3 is 5.97 Å². The lowest BCUT2D eigenvalue weighted by Crippen LogP contribution is -2.25. The molecular weight excluding hydrogens is 292 g/mol. The van der Waals surface area contributed by atoms with E-state index in [1.54, 1.807) is 18.2 Å². The molecule has 0 amide bonds. The molecule has 23 heavy (non-hydrogen) atoms. The number of hydrogen-bond acceptors (Lipinski definition) is 4. The number of ketones is 1. The summed E-state index contributed by atoms with van der Waals surface area (Å²) in [6, 6.07) is 9.78. The van der Waals surface area contributed by atoms with E-state index >= 15 is 0 Å². The number of ether oxygens (including phenoxy) is 2. The van der Waals surface area contributed by atoms with Crippen LogP contribution in [0.4, 0.5) is 0 Å². The van der Waals surface area contributed by atoms with Crippen LogP contribution in [0.2, 0.25) is 0 Å². The highest BCUT2D eigenvalue weighted by molar-refractivity contribution is 5.92. The van der Waals surface area contributed by atoms with E-state index in [0.29, 0.717) is 6.61 Å². The van der Waals surface area contributed by atoms with Crippen LogP contribution in [0.1, 0.15) is 12.5 Å². The molecule has 1 atom stereocenters. The fraction of sp³-hybridized carbons (Fsp3) is 0.263. The second-order valence-electron chi connectivity index (χ2n) is 4.86. The Hall–Kier alpha value is -2.46. The van der Waals surface area contributed by atoms with E-state index in [1.165, 1.54) is 13.0 Å². The Bertz CT molecular complexity index is 558. The minimum Gasteiger partial charge on any atom is -0.465 e. The van der Waals surface area contributed by atoms with Gasteiger partial charge in [-0.3, -0.25) is 9.59 Å². The molecule has 4 heteroatoms. The van der Waals surface area contributed by atoms with Crippen molar-refractivity contribution in [1.29, 1.82) is 0 Å². The Balaban J connectivity index is 2.56. The van der Waals surface area contributed by atoms with Crippen LogP contribution in [0.25, 0.3) is 6.08 Å². The van der Waals surface area contributed by atoms with E-state index in [-0.39, 0.29) is 19.0 Å². The van der Waals surface area contributed by atoms with Crippen LogP contribution in [0.15, 0.2) is 61.2 Å². The van der Waals surface area contributed by atoms with Crippen molar-refractivity contribution in [3.8, 4) is 0 Å². The van der Waals surface area contributed by atoms with Crippen molar-refractivity contribution in [2.75, 3.05) is 19.8 Å². The average Bonchev–Trinajstić information content (AvgIpc) is 2.55. The Kier molecular flexibility index (Phi) is 9.01. The lowest BCUT2D eigenvalue weighted by atomic mass is 10.1. The molecule has 0 saturated heterocycles. The van der Waals surface area contributed by atoms with Gasteiger partial charge in [-0.2, -0.15) is 0 Å². The summed E-state index contributed by atoms with van der Waals surface area (Å²) >= 11 is 0. The standard InChI is InChI=1S/C19H22O4/c1-3-13-22-14-18(15-23-16(2)20)19(21)12-8-7-11-17-9-5-4-6-10-17/h3-12,18H,1,13-15H2,2H3/b11-7+,12-8+. The molecule has 1 aromatic carbocycles. The minimum atomic E-state index is -0.514. The van der Waals surface area contributed by atoms with Gasteiger partial charge in [0.15, 0.2) is 5.78 Å². The van der Waals surface area contributed by atoms with Crippen molar-refractivity contribution in [1.82, 2.24) is 0 Å². The van der Waals surface area contributed by atoms with E-state index < -0.39 is 11.9 Å². The zero-order valence-corrected chi connectivity index (χ0v) is 13.3. The van der Waals surface area contributed by atoms with Crippen molar-refractivity contribution in [3.63, 3.8) is 0 Å². The van der Waals surface area contributed by atoms with E-state index in [2.05, 4.69) is 6.58 Å². The van der Waals surface area contributed by atoms with E-state index in [9.17, 15) is 9.59 Å². The van der Waals surface area contributed by atoms with Gasteiger partial charge < -0.3 is 9.47 Å². The molecule has 0 N–H and O–H groups in total. The second-order valence-corrected chi connectivity index (χ2v) is 4.86. The number of carbonyl (C=O) groups is 2. The number of benzene rings is 1. The lowest BCUT2D eigenvalue weighted by Gasteiger charge is -2.13. The Labute approximate surface area is 137 Å². The van der Waals surface area contributed by atoms with E-state index in [0.717, 1.165) is 5.56 Å². The minimum absolute atomic E-state index is 0.0120. The Morgan fingerprint density at radius 3 is 2.57 bits per heavy atom. The van der Waals surface area contributed by atoms with E-state index in [1.807, 2.05) is 36.4 Å². The van der Waals surface area contributed by atoms with Crippen LogP contribution >= 0.6 is 0 Å².